The van der Waals surface area contributed by atoms with Crippen molar-refractivity contribution >= 4 is 40.7 Å². The predicted molar refractivity (Wildman–Crippen MR) is 118 cm³/mol. The van der Waals surface area contributed by atoms with Crippen LogP contribution in [0.15, 0.2) is 52.5 Å². The Labute approximate surface area is 192 Å². The second-order valence-corrected chi connectivity index (χ2v) is 7.52. The Kier molecular flexibility index (Phi) is 7.82. The van der Waals surface area contributed by atoms with Gasteiger partial charge in [0.15, 0.2) is 23.9 Å². The molecule has 0 bridgehead atoms. The van der Waals surface area contributed by atoms with Gasteiger partial charge in [-0.2, -0.15) is 0 Å². The Balaban J connectivity index is 1.72. The van der Waals surface area contributed by atoms with E-state index in [1.165, 1.54) is 56.1 Å². The van der Waals surface area contributed by atoms with Gasteiger partial charge in [-0.05, 0) is 23.6 Å². The summed E-state index contributed by atoms with van der Waals surface area (Å²) in [6, 6.07) is 9.26. The van der Waals surface area contributed by atoms with E-state index in [-0.39, 0.29) is 40.8 Å². The molecular weight excluding hydrogens is 452 g/mol. The van der Waals surface area contributed by atoms with Crippen LogP contribution in [-0.2, 0) is 20.7 Å². The zero-order valence-corrected chi connectivity index (χ0v) is 18.5. The van der Waals surface area contributed by atoms with Gasteiger partial charge < -0.3 is 23.9 Å². The molecule has 0 aliphatic heterocycles. The Bertz CT molecular complexity index is 1140. The molecule has 1 aromatic carbocycles. The Morgan fingerprint density at radius 2 is 1.76 bits per heavy atom. The third-order valence-electron chi connectivity index (χ3n) is 4.26. The standard InChI is InChI=1S/C22H20N2O8S/c1-29-17-10-14(22(28)32-12-20(26)24-21(27)16-6-3-7-31-16)15(11-18(17)30-2)23-19(25)9-13-5-4-8-33-13/h3-8,10-11H,9,12H2,1-2H3,(H,23,25)(H,24,26,27). The first-order valence-electron chi connectivity index (χ1n) is 9.54. The van der Waals surface area contributed by atoms with Crippen LogP contribution in [0.3, 0.4) is 0 Å². The van der Waals surface area contributed by atoms with Gasteiger partial charge in [0, 0.05) is 17.0 Å². The molecule has 33 heavy (non-hydrogen) atoms. The number of nitrogens with one attached hydrogen (secondary N) is 2. The summed E-state index contributed by atoms with van der Waals surface area (Å²) in [5.41, 5.74) is 0.0589. The van der Waals surface area contributed by atoms with E-state index in [2.05, 4.69) is 5.32 Å². The first kappa shape index (κ1) is 23.5. The van der Waals surface area contributed by atoms with Crippen LogP contribution in [0.25, 0.3) is 0 Å². The van der Waals surface area contributed by atoms with Gasteiger partial charge in [-0.25, -0.2) is 4.79 Å². The van der Waals surface area contributed by atoms with E-state index in [9.17, 15) is 19.2 Å². The number of rotatable bonds is 9. The zero-order chi connectivity index (χ0) is 23.8. The molecule has 2 heterocycles. The third kappa shape index (κ3) is 6.20. The molecule has 0 saturated heterocycles. The molecule has 0 aliphatic carbocycles. The molecule has 0 aliphatic rings. The second kappa shape index (κ2) is 11.0. The highest BCUT2D eigenvalue weighted by molar-refractivity contribution is 7.10. The number of furan rings is 1. The molecule has 0 fully saturated rings. The van der Waals surface area contributed by atoms with Crippen LogP contribution in [0.2, 0.25) is 0 Å². The number of amides is 3. The van der Waals surface area contributed by atoms with E-state index in [1.54, 1.807) is 0 Å². The van der Waals surface area contributed by atoms with Gasteiger partial charge in [-0.15, -0.1) is 11.3 Å². The molecule has 172 valence electrons. The van der Waals surface area contributed by atoms with Crippen LogP contribution >= 0.6 is 11.3 Å². The van der Waals surface area contributed by atoms with E-state index >= 15 is 0 Å². The number of esters is 1. The van der Waals surface area contributed by atoms with Gasteiger partial charge >= 0.3 is 5.97 Å². The van der Waals surface area contributed by atoms with Crippen LogP contribution in [0.5, 0.6) is 11.5 Å². The number of benzene rings is 1. The number of methoxy groups -OCH3 is 2. The SMILES string of the molecule is COc1cc(NC(=O)Cc2cccs2)c(C(=O)OCC(=O)NC(=O)c2ccco2)cc1OC. The third-order valence-corrected chi connectivity index (χ3v) is 5.14. The van der Waals surface area contributed by atoms with Crippen molar-refractivity contribution in [3.63, 3.8) is 0 Å². The number of carbonyl (C=O) groups excluding carboxylic acids is 4. The summed E-state index contributed by atoms with van der Waals surface area (Å²) in [6.07, 6.45) is 1.39. The van der Waals surface area contributed by atoms with Gasteiger partial charge in [-0.1, -0.05) is 6.07 Å². The molecule has 2 N–H and O–H groups in total. The van der Waals surface area contributed by atoms with Crippen LogP contribution in [-0.4, -0.2) is 44.5 Å². The van der Waals surface area contributed by atoms with Crippen LogP contribution in [0.4, 0.5) is 5.69 Å². The van der Waals surface area contributed by atoms with Gasteiger partial charge in [0.05, 0.1) is 38.2 Å². The first-order chi connectivity index (χ1) is 15.9. The summed E-state index contributed by atoms with van der Waals surface area (Å²) in [5.74, 6) is -2.46. The molecule has 0 saturated carbocycles. The largest absolute Gasteiger partial charge is 0.493 e. The number of hydrogen-bond donors (Lipinski definition) is 2. The lowest BCUT2D eigenvalue weighted by Crippen LogP contribution is -2.34. The minimum absolute atomic E-state index is 0.0580. The Morgan fingerprint density at radius 3 is 2.39 bits per heavy atom. The van der Waals surface area contributed by atoms with E-state index in [0.717, 1.165) is 4.88 Å². The quantitative estimate of drug-likeness (QED) is 0.454. The fourth-order valence-corrected chi connectivity index (χ4v) is 3.46. The highest BCUT2D eigenvalue weighted by atomic mass is 32.1. The van der Waals surface area contributed by atoms with Crippen molar-refractivity contribution in [2.45, 2.75) is 6.42 Å². The Morgan fingerprint density at radius 1 is 1.00 bits per heavy atom. The number of ether oxygens (including phenoxy) is 3. The van der Waals surface area contributed by atoms with Crippen LogP contribution in [0.1, 0.15) is 25.8 Å². The van der Waals surface area contributed by atoms with E-state index in [0.29, 0.717) is 0 Å². The molecule has 0 radical (unpaired) electrons. The maximum atomic E-state index is 12.7. The average molecular weight is 472 g/mol. The van der Waals surface area contributed by atoms with Crippen LogP contribution < -0.4 is 20.1 Å². The second-order valence-electron chi connectivity index (χ2n) is 6.49. The number of thiophene rings is 1. The number of hydrogen-bond acceptors (Lipinski definition) is 9. The molecule has 3 aromatic rings. The summed E-state index contributed by atoms with van der Waals surface area (Å²) in [4.78, 5) is 49.8. The van der Waals surface area contributed by atoms with Gasteiger partial charge in [-0.3, -0.25) is 19.7 Å². The first-order valence-corrected chi connectivity index (χ1v) is 10.4. The van der Waals surface area contributed by atoms with E-state index in [1.807, 2.05) is 22.8 Å². The minimum Gasteiger partial charge on any atom is -0.493 e. The highest BCUT2D eigenvalue weighted by Gasteiger charge is 2.21. The summed E-state index contributed by atoms with van der Waals surface area (Å²) in [6.45, 7) is -0.734. The van der Waals surface area contributed by atoms with Crippen LogP contribution in [0, 0.1) is 0 Å². The smallest absolute Gasteiger partial charge is 0.340 e. The van der Waals surface area contributed by atoms with Crippen molar-refractivity contribution in [3.05, 3.63) is 64.2 Å². The number of imide groups is 1. The molecule has 11 heteroatoms. The lowest BCUT2D eigenvalue weighted by molar-refractivity contribution is -0.123. The van der Waals surface area contributed by atoms with Crippen molar-refractivity contribution in [1.82, 2.24) is 5.32 Å². The minimum atomic E-state index is -0.914. The lowest BCUT2D eigenvalue weighted by Gasteiger charge is -2.15. The van der Waals surface area contributed by atoms with Gasteiger partial charge in [0.2, 0.25) is 5.91 Å². The van der Waals surface area contributed by atoms with Crippen molar-refractivity contribution in [2.24, 2.45) is 0 Å². The summed E-state index contributed by atoms with van der Waals surface area (Å²) < 4.78 is 20.4. The van der Waals surface area contributed by atoms with E-state index in [4.69, 9.17) is 18.6 Å². The molecule has 10 nitrogen and oxygen atoms in total. The molecule has 3 rings (SSSR count). The zero-order valence-electron chi connectivity index (χ0n) is 17.7. The molecule has 3 amide bonds. The summed E-state index contributed by atoms with van der Waals surface area (Å²) in [7, 11) is 2.79. The molecule has 0 unspecified atom stereocenters. The fourth-order valence-electron chi connectivity index (χ4n) is 2.76. The molecule has 0 spiro atoms. The molecule has 0 atom stereocenters. The maximum absolute atomic E-state index is 12.7. The average Bonchev–Trinajstić information content (AvgIpc) is 3.51. The molecular formula is C22H20N2O8S. The maximum Gasteiger partial charge on any atom is 0.340 e. The van der Waals surface area contributed by atoms with Crippen molar-refractivity contribution in [2.75, 3.05) is 26.1 Å². The summed E-state index contributed by atoms with van der Waals surface area (Å²) in [5, 5.41) is 6.55. The highest BCUT2D eigenvalue weighted by Crippen LogP contribution is 2.34. The van der Waals surface area contributed by atoms with E-state index < -0.39 is 24.4 Å². The predicted octanol–water partition coefficient (Wildman–Crippen LogP) is 2.65. The van der Waals surface area contributed by atoms with Crippen molar-refractivity contribution in [1.29, 1.82) is 0 Å². The number of anilines is 1. The van der Waals surface area contributed by atoms with Crippen molar-refractivity contribution in [3.8, 4) is 11.5 Å². The topological polar surface area (TPSA) is 133 Å². The van der Waals surface area contributed by atoms with Crippen molar-refractivity contribution < 1.29 is 37.8 Å². The van der Waals surface area contributed by atoms with Gasteiger partial charge in [0.25, 0.3) is 11.8 Å². The normalized spacial score (nSPS) is 10.2. The van der Waals surface area contributed by atoms with Gasteiger partial charge in [0.1, 0.15) is 0 Å². The molecule has 2 aromatic heterocycles. The summed E-state index contributed by atoms with van der Waals surface area (Å²) >= 11 is 1.43. The number of carbonyl (C=O) groups is 4. The lowest BCUT2D eigenvalue weighted by atomic mass is 10.1. The monoisotopic (exact) mass is 472 g/mol. The Hall–Kier alpha value is -4.12. The fraction of sp³-hybridized carbons (Fsp3) is 0.182.